The Morgan fingerprint density at radius 1 is 1.45 bits per heavy atom. The summed E-state index contributed by atoms with van der Waals surface area (Å²) in [5, 5.41) is 3.11. The monoisotopic (exact) mass is 363 g/mol. The van der Waals surface area contributed by atoms with Crippen LogP contribution >= 0.6 is 27.5 Å². The van der Waals surface area contributed by atoms with E-state index in [1.807, 2.05) is 0 Å². The lowest BCUT2D eigenvalue weighted by Crippen LogP contribution is -2.36. The summed E-state index contributed by atoms with van der Waals surface area (Å²) in [6.07, 6.45) is -0.847. The van der Waals surface area contributed by atoms with Gasteiger partial charge in [-0.1, -0.05) is 11.6 Å². The minimum Gasteiger partial charge on any atom is -0.481 e. The summed E-state index contributed by atoms with van der Waals surface area (Å²) in [6.45, 7) is 3.48. The molecule has 1 rings (SSSR count). The zero-order valence-corrected chi connectivity index (χ0v) is 13.5. The standard InChI is InChI=1S/C13H15BrClNO4/c1-3-16-13(18)8(2)20-12(17)7-19-11-5-4-9(15)6-10(11)14/h4-6,8H,3,7H2,1-2H3,(H,16,18)/t8-/m0/s1. The highest BCUT2D eigenvalue weighted by Gasteiger charge is 2.17. The third-order valence-electron chi connectivity index (χ3n) is 2.27. The summed E-state index contributed by atoms with van der Waals surface area (Å²) in [5.74, 6) is -0.490. The molecule has 5 nitrogen and oxygen atoms in total. The molecule has 0 bridgehead atoms. The van der Waals surface area contributed by atoms with Gasteiger partial charge >= 0.3 is 5.97 Å². The van der Waals surface area contributed by atoms with Crippen molar-refractivity contribution < 1.29 is 19.1 Å². The fourth-order valence-corrected chi connectivity index (χ4v) is 2.13. The number of amides is 1. The topological polar surface area (TPSA) is 64.6 Å². The highest BCUT2D eigenvalue weighted by molar-refractivity contribution is 9.10. The van der Waals surface area contributed by atoms with Crippen LogP contribution in [0, 0.1) is 0 Å². The molecule has 7 heteroatoms. The van der Waals surface area contributed by atoms with Crippen molar-refractivity contribution in [2.45, 2.75) is 20.0 Å². The number of hydrogen-bond donors (Lipinski definition) is 1. The minimum absolute atomic E-state index is 0.288. The quantitative estimate of drug-likeness (QED) is 0.788. The van der Waals surface area contributed by atoms with Crippen LogP contribution in [0.15, 0.2) is 22.7 Å². The van der Waals surface area contributed by atoms with Crippen LogP contribution in [0.25, 0.3) is 0 Å². The van der Waals surface area contributed by atoms with Gasteiger partial charge in [0.1, 0.15) is 5.75 Å². The van der Waals surface area contributed by atoms with Gasteiger partial charge in [0.2, 0.25) is 0 Å². The molecule has 0 unspecified atom stereocenters. The lowest BCUT2D eigenvalue weighted by atomic mass is 10.3. The first-order valence-electron chi connectivity index (χ1n) is 5.99. The average Bonchev–Trinajstić information content (AvgIpc) is 2.37. The second-order valence-corrected chi connectivity index (χ2v) is 5.18. The molecule has 0 fully saturated rings. The number of hydrogen-bond acceptors (Lipinski definition) is 4. The largest absolute Gasteiger partial charge is 0.481 e. The number of halogens is 2. The molecule has 0 saturated heterocycles. The molecular weight excluding hydrogens is 350 g/mol. The zero-order valence-electron chi connectivity index (χ0n) is 11.1. The molecule has 0 radical (unpaired) electrons. The molecule has 0 heterocycles. The van der Waals surface area contributed by atoms with Gasteiger partial charge in [0, 0.05) is 11.6 Å². The van der Waals surface area contributed by atoms with Crippen LogP contribution in [0.3, 0.4) is 0 Å². The number of nitrogens with one attached hydrogen (secondary N) is 1. The van der Waals surface area contributed by atoms with Gasteiger partial charge < -0.3 is 14.8 Å². The Kier molecular flexibility index (Phi) is 6.81. The molecular formula is C13H15BrClNO4. The zero-order chi connectivity index (χ0) is 15.1. The van der Waals surface area contributed by atoms with Crippen molar-refractivity contribution in [1.82, 2.24) is 5.32 Å². The first-order chi connectivity index (χ1) is 9.43. The Bertz CT molecular complexity index is 495. The van der Waals surface area contributed by atoms with Gasteiger partial charge in [-0.15, -0.1) is 0 Å². The van der Waals surface area contributed by atoms with Gasteiger partial charge in [0.25, 0.3) is 5.91 Å². The van der Waals surface area contributed by atoms with Crippen molar-refractivity contribution in [3.8, 4) is 5.75 Å². The van der Waals surface area contributed by atoms with E-state index in [4.69, 9.17) is 21.1 Å². The molecule has 0 spiro atoms. The first-order valence-corrected chi connectivity index (χ1v) is 7.16. The Balaban J connectivity index is 2.45. The van der Waals surface area contributed by atoms with Gasteiger partial charge in [0.15, 0.2) is 12.7 Å². The van der Waals surface area contributed by atoms with E-state index in [0.717, 1.165) is 0 Å². The van der Waals surface area contributed by atoms with Gasteiger partial charge in [0.05, 0.1) is 4.47 Å². The third-order valence-corrected chi connectivity index (χ3v) is 3.12. The van der Waals surface area contributed by atoms with Crippen molar-refractivity contribution >= 4 is 39.4 Å². The fourth-order valence-electron chi connectivity index (χ4n) is 1.33. The smallest absolute Gasteiger partial charge is 0.344 e. The summed E-state index contributed by atoms with van der Waals surface area (Å²) >= 11 is 9.06. The van der Waals surface area contributed by atoms with E-state index >= 15 is 0 Å². The number of rotatable bonds is 6. The van der Waals surface area contributed by atoms with Crippen molar-refractivity contribution in [3.05, 3.63) is 27.7 Å². The van der Waals surface area contributed by atoms with Gasteiger partial charge in [-0.05, 0) is 48.0 Å². The number of esters is 1. The SMILES string of the molecule is CCNC(=O)[C@H](C)OC(=O)COc1ccc(Cl)cc1Br. The Morgan fingerprint density at radius 2 is 2.15 bits per heavy atom. The van der Waals surface area contributed by atoms with E-state index in [2.05, 4.69) is 21.2 Å². The van der Waals surface area contributed by atoms with E-state index < -0.39 is 12.1 Å². The van der Waals surface area contributed by atoms with Crippen molar-refractivity contribution in [3.63, 3.8) is 0 Å². The molecule has 0 aliphatic heterocycles. The molecule has 0 saturated carbocycles. The Labute approximate surface area is 130 Å². The van der Waals surface area contributed by atoms with E-state index in [1.54, 1.807) is 25.1 Å². The van der Waals surface area contributed by atoms with Crippen LogP contribution < -0.4 is 10.1 Å². The normalized spacial score (nSPS) is 11.6. The van der Waals surface area contributed by atoms with Crippen LogP contribution in [0.2, 0.25) is 5.02 Å². The van der Waals surface area contributed by atoms with Crippen LogP contribution in [0.4, 0.5) is 0 Å². The lowest BCUT2D eigenvalue weighted by molar-refractivity contribution is -0.156. The van der Waals surface area contributed by atoms with Crippen molar-refractivity contribution in [2.75, 3.05) is 13.2 Å². The summed E-state index contributed by atoms with van der Waals surface area (Å²) in [7, 11) is 0. The lowest BCUT2D eigenvalue weighted by Gasteiger charge is -2.13. The first kappa shape index (κ1) is 16.8. The molecule has 1 aromatic carbocycles. The molecule has 1 aromatic rings. The molecule has 110 valence electrons. The number of carbonyl (C=O) groups is 2. The molecule has 0 aliphatic rings. The maximum atomic E-state index is 11.5. The predicted octanol–water partition coefficient (Wildman–Crippen LogP) is 2.55. The molecule has 1 N–H and O–H groups in total. The van der Waals surface area contributed by atoms with E-state index in [0.29, 0.717) is 21.8 Å². The number of ether oxygens (including phenoxy) is 2. The van der Waals surface area contributed by atoms with Gasteiger partial charge in [-0.2, -0.15) is 0 Å². The molecule has 0 aliphatic carbocycles. The maximum absolute atomic E-state index is 11.5. The number of benzene rings is 1. The van der Waals surface area contributed by atoms with E-state index in [9.17, 15) is 9.59 Å². The summed E-state index contributed by atoms with van der Waals surface area (Å²) in [6, 6.07) is 4.93. The van der Waals surface area contributed by atoms with Crippen LogP contribution in [-0.2, 0) is 14.3 Å². The Hall–Kier alpha value is -1.27. The fraction of sp³-hybridized carbons (Fsp3) is 0.385. The highest BCUT2D eigenvalue weighted by Crippen LogP contribution is 2.27. The molecule has 1 atom stereocenters. The van der Waals surface area contributed by atoms with Gasteiger partial charge in [-0.3, -0.25) is 4.79 Å². The predicted molar refractivity (Wildman–Crippen MR) is 78.9 cm³/mol. The molecule has 0 aromatic heterocycles. The third kappa shape index (κ3) is 5.38. The molecule has 20 heavy (non-hydrogen) atoms. The summed E-state index contributed by atoms with van der Waals surface area (Å²) in [4.78, 5) is 22.9. The van der Waals surface area contributed by atoms with E-state index in [-0.39, 0.29) is 12.5 Å². The molecule has 1 amide bonds. The maximum Gasteiger partial charge on any atom is 0.344 e. The summed E-state index contributed by atoms with van der Waals surface area (Å²) in [5.41, 5.74) is 0. The summed E-state index contributed by atoms with van der Waals surface area (Å²) < 4.78 is 10.8. The Morgan fingerprint density at radius 3 is 2.75 bits per heavy atom. The second kappa shape index (κ2) is 8.11. The van der Waals surface area contributed by atoms with E-state index in [1.165, 1.54) is 6.92 Å². The second-order valence-electron chi connectivity index (χ2n) is 3.89. The van der Waals surface area contributed by atoms with Crippen LogP contribution in [0.1, 0.15) is 13.8 Å². The van der Waals surface area contributed by atoms with Gasteiger partial charge in [-0.25, -0.2) is 4.79 Å². The number of likely N-dealkylation sites (N-methyl/N-ethyl adjacent to an activating group) is 1. The highest BCUT2D eigenvalue weighted by atomic mass is 79.9. The minimum atomic E-state index is -0.847. The number of carbonyl (C=O) groups excluding carboxylic acids is 2. The van der Waals surface area contributed by atoms with Crippen LogP contribution in [-0.4, -0.2) is 31.1 Å². The van der Waals surface area contributed by atoms with Crippen molar-refractivity contribution in [1.29, 1.82) is 0 Å². The van der Waals surface area contributed by atoms with Crippen molar-refractivity contribution in [2.24, 2.45) is 0 Å². The average molecular weight is 365 g/mol. The van der Waals surface area contributed by atoms with Crippen LogP contribution in [0.5, 0.6) is 5.75 Å².